The van der Waals surface area contributed by atoms with E-state index in [2.05, 4.69) is 5.16 Å². The number of hydrogen-bond acceptors (Lipinski definition) is 4. The molecule has 1 heterocycles. The van der Waals surface area contributed by atoms with Gasteiger partial charge in [0.15, 0.2) is 0 Å². The molecule has 0 aromatic carbocycles. The van der Waals surface area contributed by atoms with Gasteiger partial charge in [0.1, 0.15) is 6.61 Å². The summed E-state index contributed by atoms with van der Waals surface area (Å²) in [5, 5.41) is 11.9. The molecule has 2 fully saturated rings. The molecule has 102 valence electrons. The minimum Gasteiger partial charge on any atom is -0.411 e. The monoisotopic (exact) mass is 254 g/mol. The van der Waals surface area contributed by atoms with Crippen molar-refractivity contribution in [3.8, 4) is 0 Å². The number of ether oxygens (including phenoxy) is 1. The van der Waals surface area contributed by atoms with Crippen molar-refractivity contribution in [2.45, 2.75) is 51.0 Å². The van der Waals surface area contributed by atoms with Gasteiger partial charge in [0.2, 0.25) is 5.91 Å². The minimum atomic E-state index is 0.122. The minimum absolute atomic E-state index is 0.122. The second kappa shape index (κ2) is 6.73. The van der Waals surface area contributed by atoms with Gasteiger partial charge in [0.25, 0.3) is 0 Å². The molecule has 0 bridgehead atoms. The summed E-state index contributed by atoms with van der Waals surface area (Å²) in [4.78, 5) is 13.8. The molecule has 0 radical (unpaired) electrons. The molecule has 0 aromatic rings. The fourth-order valence-corrected chi connectivity index (χ4v) is 2.61. The molecule has 1 N–H and O–H groups in total. The van der Waals surface area contributed by atoms with E-state index in [4.69, 9.17) is 9.94 Å². The van der Waals surface area contributed by atoms with Gasteiger partial charge in [-0.1, -0.05) is 5.16 Å². The Morgan fingerprint density at radius 3 is 2.56 bits per heavy atom. The van der Waals surface area contributed by atoms with Gasteiger partial charge in [0.05, 0.1) is 11.8 Å². The molecule has 1 amide bonds. The molecule has 18 heavy (non-hydrogen) atoms. The molecule has 2 rings (SSSR count). The van der Waals surface area contributed by atoms with Crippen molar-refractivity contribution in [2.24, 2.45) is 5.16 Å². The quantitative estimate of drug-likeness (QED) is 0.617. The highest BCUT2D eigenvalue weighted by molar-refractivity contribution is 5.84. The van der Waals surface area contributed by atoms with Gasteiger partial charge < -0.3 is 14.8 Å². The lowest BCUT2D eigenvalue weighted by Crippen LogP contribution is -2.39. The lowest BCUT2D eigenvalue weighted by Gasteiger charge is -2.28. The van der Waals surface area contributed by atoms with Gasteiger partial charge in [-0.25, -0.2) is 0 Å². The Bertz CT molecular complexity index is 301. The van der Waals surface area contributed by atoms with Crippen LogP contribution in [0.2, 0.25) is 0 Å². The molecule has 1 saturated carbocycles. The number of hydrogen-bond donors (Lipinski definition) is 1. The normalized spacial score (nSPS) is 25.0. The molecule has 0 atom stereocenters. The number of oxime groups is 1. The summed E-state index contributed by atoms with van der Waals surface area (Å²) in [6.45, 7) is 1.97. The van der Waals surface area contributed by atoms with Gasteiger partial charge in [0, 0.05) is 13.1 Å². The van der Waals surface area contributed by atoms with E-state index in [1.54, 1.807) is 0 Å². The Morgan fingerprint density at radius 2 is 1.94 bits per heavy atom. The van der Waals surface area contributed by atoms with Gasteiger partial charge in [-0.05, 0) is 44.9 Å². The summed E-state index contributed by atoms with van der Waals surface area (Å²) in [5.74, 6) is 0.122. The number of likely N-dealkylation sites (tertiary alicyclic amines) is 1. The molecule has 1 saturated heterocycles. The lowest BCUT2D eigenvalue weighted by molar-refractivity contribution is -0.139. The maximum atomic E-state index is 11.9. The first-order valence-corrected chi connectivity index (χ1v) is 6.89. The number of amides is 1. The molecule has 0 unspecified atom stereocenters. The fraction of sp³-hybridized carbons (Fsp3) is 0.846. The zero-order valence-electron chi connectivity index (χ0n) is 10.8. The second-order valence-electron chi connectivity index (χ2n) is 5.12. The van der Waals surface area contributed by atoms with Crippen LogP contribution in [0.25, 0.3) is 0 Å². The Kier molecular flexibility index (Phi) is 4.99. The Hall–Kier alpha value is -1.10. The summed E-state index contributed by atoms with van der Waals surface area (Å²) in [6, 6.07) is 0. The first kappa shape index (κ1) is 13.3. The Morgan fingerprint density at radius 1 is 1.28 bits per heavy atom. The van der Waals surface area contributed by atoms with Crippen LogP contribution in [0.1, 0.15) is 44.9 Å². The molecular formula is C13H22N2O3. The average Bonchev–Trinajstić information content (AvgIpc) is 2.46. The van der Waals surface area contributed by atoms with E-state index in [0.717, 1.165) is 57.3 Å². The molecular weight excluding hydrogens is 232 g/mol. The van der Waals surface area contributed by atoms with Crippen molar-refractivity contribution in [1.82, 2.24) is 4.90 Å². The van der Waals surface area contributed by atoms with Crippen LogP contribution >= 0.6 is 0 Å². The van der Waals surface area contributed by atoms with Crippen molar-refractivity contribution in [3.05, 3.63) is 0 Å². The van der Waals surface area contributed by atoms with E-state index in [9.17, 15) is 4.79 Å². The highest BCUT2D eigenvalue weighted by Crippen LogP contribution is 2.19. The predicted octanol–water partition coefficient (Wildman–Crippen LogP) is 1.79. The van der Waals surface area contributed by atoms with Gasteiger partial charge in [-0.3, -0.25) is 4.79 Å². The molecule has 2 aliphatic rings. The molecule has 0 spiro atoms. The standard InChI is InChI=1S/C13H22N2O3/c16-13(15-8-2-1-3-9-15)10-18-12-6-4-11(14-17)5-7-12/h12,17H,1-10H2. The van der Waals surface area contributed by atoms with Crippen molar-refractivity contribution >= 4 is 11.6 Å². The van der Waals surface area contributed by atoms with Gasteiger partial charge in [-0.15, -0.1) is 0 Å². The van der Waals surface area contributed by atoms with E-state index in [1.807, 2.05) is 4.90 Å². The van der Waals surface area contributed by atoms with Crippen molar-refractivity contribution in [2.75, 3.05) is 19.7 Å². The molecule has 5 nitrogen and oxygen atoms in total. The predicted molar refractivity (Wildman–Crippen MR) is 67.9 cm³/mol. The van der Waals surface area contributed by atoms with Gasteiger partial charge in [-0.2, -0.15) is 0 Å². The van der Waals surface area contributed by atoms with E-state index >= 15 is 0 Å². The maximum Gasteiger partial charge on any atom is 0.248 e. The fourth-order valence-electron chi connectivity index (χ4n) is 2.61. The summed E-state index contributed by atoms with van der Waals surface area (Å²) in [7, 11) is 0. The van der Waals surface area contributed by atoms with Crippen LogP contribution in [0, 0.1) is 0 Å². The van der Waals surface area contributed by atoms with Crippen LogP contribution in [0.3, 0.4) is 0 Å². The second-order valence-corrected chi connectivity index (χ2v) is 5.12. The topological polar surface area (TPSA) is 62.1 Å². The number of piperidine rings is 1. The van der Waals surface area contributed by atoms with Crippen molar-refractivity contribution < 1.29 is 14.7 Å². The molecule has 5 heteroatoms. The third-order valence-electron chi connectivity index (χ3n) is 3.80. The SMILES string of the molecule is O=C(COC1CCC(=NO)CC1)N1CCCCC1. The molecule has 0 aromatic heterocycles. The summed E-state index contributed by atoms with van der Waals surface area (Å²) in [5.41, 5.74) is 0.845. The third-order valence-corrected chi connectivity index (χ3v) is 3.80. The summed E-state index contributed by atoms with van der Waals surface area (Å²) >= 11 is 0. The molecule has 1 aliphatic heterocycles. The lowest BCUT2D eigenvalue weighted by atomic mass is 9.96. The number of nitrogens with zero attached hydrogens (tertiary/aromatic N) is 2. The third kappa shape index (κ3) is 3.70. The highest BCUT2D eigenvalue weighted by Gasteiger charge is 2.21. The Labute approximate surface area is 108 Å². The Balaban J connectivity index is 1.67. The number of carbonyl (C=O) groups excluding carboxylic acids is 1. The zero-order chi connectivity index (χ0) is 12.8. The van der Waals surface area contributed by atoms with Crippen LogP contribution in [-0.4, -0.2) is 47.5 Å². The summed E-state index contributed by atoms with van der Waals surface area (Å²) in [6.07, 6.45) is 6.87. The van der Waals surface area contributed by atoms with Crippen LogP contribution in [0.5, 0.6) is 0 Å². The van der Waals surface area contributed by atoms with E-state index in [-0.39, 0.29) is 18.6 Å². The van der Waals surface area contributed by atoms with Crippen LogP contribution < -0.4 is 0 Å². The number of carbonyl (C=O) groups is 1. The van der Waals surface area contributed by atoms with Crippen LogP contribution in [0.4, 0.5) is 0 Å². The van der Waals surface area contributed by atoms with Crippen LogP contribution in [-0.2, 0) is 9.53 Å². The van der Waals surface area contributed by atoms with Crippen molar-refractivity contribution in [1.29, 1.82) is 0 Å². The van der Waals surface area contributed by atoms with Gasteiger partial charge >= 0.3 is 0 Å². The van der Waals surface area contributed by atoms with Crippen LogP contribution in [0.15, 0.2) is 5.16 Å². The maximum absolute atomic E-state index is 11.9. The smallest absolute Gasteiger partial charge is 0.248 e. The average molecular weight is 254 g/mol. The first-order valence-electron chi connectivity index (χ1n) is 6.89. The first-order chi connectivity index (χ1) is 8.79. The van der Waals surface area contributed by atoms with E-state index in [0.29, 0.717) is 0 Å². The summed E-state index contributed by atoms with van der Waals surface area (Å²) < 4.78 is 5.66. The number of rotatable bonds is 3. The van der Waals surface area contributed by atoms with Crippen molar-refractivity contribution in [3.63, 3.8) is 0 Å². The highest BCUT2D eigenvalue weighted by atomic mass is 16.5. The van der Waals surface area contributed by atoms with E-state index < -0.39 is 0 Å². The zero-order valence-corrected chi connectivity index (χ0v) is 10.8. The molecule has 1 aliphatic carbocycles. The van der Waals surface area contributed by atoms with E-state index in [1.165, 1.54) is 6.42 Å². The largest absolute Gasteiger partial charge is 0.411 e.